The Kier molecular flexibility index (Phi) is 8.36. The zero-order valence-corrected chi connectivity index (χ0v) is 26.1. The van der Waals surface area contributed by atoms with Gasteiger partial charge in [-0.15, -0.1) is 0 Å². The maximum absolute atomic E-state index is 13.7. The number of benzene rings is 4. The van der Waals surface area contributed by atoms with Crippen LogP contribution in [0.5, 0.6) is 11.5 Å². The Morgan fingerprint density at radius 2 is 1.91 bits per heavy atom. The number of furan rings is 1. The van der Waals surface area contributed by atoms with Gasteiger partial charge < -0.3 is 19.0 Å². The van der Waals surface area contributed by atoms with Crippen molar-refractivity contribution in [1.82, 2.24) is 9.66 Å². The number of ether oxygens (including phenoxy) is 2. The van der Waals surface area contributed by atoms with Gasteiger partial charge in [0, 0.05) is 10.4 Å². The number of aromatic carboxylic acids is 1. The van der Waals surface area contributed by atoms with Crippen LogP contribution in [0.2, 0.25) is 5.02 Å². The number of rotatable bonds is 9. The molecule has 9 nitrogen and oxygen atoms in total. The monoisotopic (exact) mass is 719 g/mol. The lowest BCUT2D eigenvalue weighted by atomic mass is 10.1. The summed E-state index contributed by atoms with van der Waals surface area (Å²) in [5.41, 5.74) is 2.30. The fourth-order valence-electron chi connectivity index (χ4n) is 4.65. The third-order valence-corrected chi connectivity index (χ3v) is 7.70. The molecule has 11 heteroatoms. The van der Waals surface area contributed by atoms with Crippen LogP contribution in [0.15, 0.2) is 99.2 Å². The average Bonchev–Trinajstić information content (AvgIpc) is 3.43. The first-order chi connectivity index (χ1) is 21.3. The van der Waals surface area contributed by atoms with Gasteiger partial charge in [-0.25, -0.2) is 9.78 Å². The molecule has 6 rings (SSSR count). The number of halogens is 2. The van der Waals surface area contributed by atoms with Crippen LogP contribution < -0.4 is 15.0 Å². The van der Waals surface area contributed by atoms with Crippen LogP contribution in [0.3, 0.4) is 0 Å². The topological polar surface area (TPSA) is 116 Å². The lowest BCUT2D eigenvalue weighted by molar-refractivity contribution is 0.0696. The van der Waals surface area contributed by atoms with Crippen LogP contribution >= 0.6 is 34.2 Å². The Balaban J connectivity index is 1.38. The molecule has 1 N–H and O–H groups in total. The van der Waals surface area contributed by atoms with Gasteiger partial charge in [0.1, 0.15) is 12.2 Å². The van der Waals surface area contributed by atoms with E-state index in [2.05, 4.69) is 27.7 Å². The standard InChI is InChI=1S/C33H23ClIN3O6/c1-2-42-28-14-20(13-25(35)30(28)43-18-19-6-5-7-21(12-19)33(40)41)17-36-38-31(37-26-9-4-3-8-24(26)32(38)39)29-16-22-15-23(34)10-11-27(22)44-29/h3-17H,2,18H2,1H3,(H,40,41). The predicted molar refractivity (Wildman–Crippen MR) is 177 cm³/mol. The molecular weight excluding hydrogens is 697 g/mol. The summed E-state index contributed by atoms with van der Waals surface area (Å²) in [5, 5.41) is 15.6. The van der Waals surface area contributed by atoms with Crippen molar-refractivity contribution in [3.05, 3.63) is 121 Å². The quantitative estimate of drug-likeness (QED) is 0.121. The molecule has 2 heterocycles. The molecule has 4 aromatic carbocycles. The highest BCUT2D eigenvalue weighted by atomic mass is 127. The van der Waals surface area contributed by atoms with E-state index < -0.39 is 5.97 Å². The number of fused-ring (bicyclic) bond motifs is 2. The molecule has 0 saturated heterocycles. The molecule has 6 aromatic rings. The van der Waals surface area contributed by atoms with Gasteiger partial charge >= 0.3 is 5.97 Å². The van der Waals surface area contributed by atoms with E-state index >= 15 is 0 Å². The lowest BCUT2D eigenvalue weighted by Crippen LogP contribution is -2.20. The third-order valence-electron chi connectivity index (χ3n) is 6.66. The number of para-hydroxylation sites is 1. The number of carboxylic acid groups (broad SMARTS) is 1. The number of nitrogens with zero attached hydrogens (tertiary/aromatic N) is 3. The highest BCUT2D eigenvalue weighted by molar-refractivity contribution is 14.1. The van der Waals surface area contributed by atoms with Gasteiger partial charge in [0.2, 0.25) is 5.82 Å². The molecule has 0 aliphatic rings. The summed E-state index contributed by atoms with van der Waals surface area (Å²) >= 11 is 8.32. The van der Waals surface area contributed by atoms with Crippen molar-refractivity contribution in [2.75, 3.05) is 6.61 Å². The number of hydrogen-bond donors (Lipinski definition) is 1. The first-order valence-electron chi connectivity index (χ1n) is 13.5. The molecular formula is C33H23ClIN3O6. The molecule has 0 bridgehead atoms. The molecule has 0 unspecified atom stereocenters. The van der Waals surface area contributed by atoms with Crippen molar-refractivity contribution in [3.8, 4) is 23.1 Å². The highest BCUT2D eigenvalue weighted by Gasteiger charge is 2.18. The van der Waals surface area contributed by atoms with Gasteiger partial charge in [0.15, 0.2) is 17.3 Å². The SMILES string of the molecule is CCOc1cc(C=Nn2c(-c3cc4cc(Cl)ccc4o3)nc3ccccc3c2=O)cc(I)c1OCc1cccc(C(=O)O)c1. The van der Waals surface area contributed by atoms with E-state index in [1.807, 2.05) is 19.1 Å². The van der Waals surface area contributed by atoms with Crippen LogP contribution in [0.25, 0.3) is 33.5 Å². The van der Waals surface area contributed by atoms with Gasteiger partial charge in [-0.3, -0.25) is 4.79 Å². The zero-order chi connectivity index (χ0) is 30.8. The lowest BCUT2D eigenvalue weighted by Gasteiger charge is -2.15. The van der Waals surface area contributed by atoms with Gasteiger partial charge in [-0.05, 0) is 101 Å². The first kappa shape index (κ1) is 29.4. The van der Waals surface area contributed by atoms with Crippen molar-refractivity contribution < 1.29 is 23.8 Å². The van der Waals surface area contributed by atoms with Crippen molar-refractivity contribution in [1.29, 1.82) is 0 Å². The van der Waals surface area contributed by atoms with Gasteiger partial charge in [-0.1, -0.05) is 35.9 Å². The van der Waals surface area contributed by atoms with Crippen molar-refractivity contribution >= 4 is 68.2 Å². The van der Waals surface area contributed by atoms with E-state index in [0.29, 0.717) is 56.5 Å². The van der Waals surface area contributed by atoms with E-state index in [9.17, 15) is 14.7 Å². The predicted octanol–water partition coefficient (Wildman–Crippen LogP) is 7.63. The number of hydrogen-bond acceptors (Lipinski definition) is 7. The zero-order valence-electron chi connectivity index (χ0n) is 23.2. The van der Waals surface area contributed by atoms with Gasteiger partial charge in [-0.2, -0.15) is 9.78 Å². The Labute approximate surface area is 269 Å². The van der Waals surface area contributed by atoms with Crippen molar-refractivity contribution in [3.63, 3.8) is 0 Å². The Morgan fingerprint density at radius 1 is 1.07 bits per heavy atom. The summed E-state index contributed by atoms with van der Waals surface area (Å²) in [5.74, 6) is 0.585. The van der Waals surface area contributed by atoms with E-state index in [0.717, 1.165) is 8.96 Å². The normalized spacial score (nSPS) is 11.4. The highest BCUT2D eigenvalue weighted by Crippen LogP contribution is 2.35. The summed E-state index contributed by atoms with van der Waals surface area (Å²) in [6, 6.07) is 24.3. The summed E-state index contributed by atoms with van der Waals surface area (Å²) < 4.78 is 20.0. The molecule has 220 valence electrons. The van der Waals surface area contributed by atoms with E-state index in [4.69, 9.17) is 30.5 Å². The number of carbonyl (C=O) groups is 1. The average molecular weight is 720 g/mol. The first-order valence-corrected chi connectivity index (χ1v) is 14.9. The number of carboxylic acids is 1. The van der Waals surface area contributed by atoms with Crippen LogP contribution in [0.1, 0.15) is 28.4 Å². The van der Waals surface area contributed by atoms with Crippen molar-refractivity contribution in [2.24, 2.45) is 5.10 Å². The molecule has 0 radical (unpaired) electrons. The van der Waals surface area contributed by atoms with E-state index in [1.165, 1.54) is 10.7 Å². The smallest absolute Gasteiger partial charge is 0.335 e. The van der Waals surface area contributed by atoms with Gasteiger partial charge in [0.25, 0.3) is 5.56 Å². The van der Waals surface area contributed by atoms with Crippen LogP contribution in [-0.4, -0.2) is 33.6 Å². The van der Waals surface area contributed by atoms with Crippen molar-refractivity contribution in [2.45, 2.75) is 13.5 Å². The molecule has 0 spiro atoms. The summed E-state index contributed by atoms with van der Waals surface area (Å²) in [7, 11) is 0. The maximum atomic E-state index is 13.7. The minimum atomic E-state index is -1.01. The minimum absolute atomic E-state index is 0.148. The second kappa shape index (κ2) is 12.5. The summed E-state index contributed by atoms with van der Waals surface area (Å²) in [4.78, 5) is 29.7. The van der Waals surface area contributed by atoms with Gasteiger partial charge in [0.05, 0.1) is 32.9 Å². The molecule has 44 heavy (non-hydrogen) atoms. The Morgan fingerprint density at radius 3 is 2.73 bits per heavy atom. The summed E-state index contributed by atoms with van der Waals surface area (Å²) in [6.07, 6.45) is 1.55. The molecule has 0 atom stereocenters. The van der Waals surface area contributed by atoms with Crippen LogP contribution in [-0.2, 0) is 6.61 Å². The van der Waals surface area contributed by atoms with E-state index in [1.54, 1.807) is 72.9 Å². The van der Waals surface area contributed by atoms with Crippen LogP contribution in [0, 0.1) is 3.57 Å². The Hall–Kier alpha value is -4.68. The fraction of sp³-hybridized carbons (Fsp3) is 0.0909. The molecule has 2 aromatic heterocycles. The molecule has 0 amide bonds. The maximum Gasteiger partial charge on any atom is 0.335 e. The molecule has 0 saturated carbocycles. The number of aromatic nitrogens is 2. The van der Waals surface area contributed by atoms with E-state index in [-0.39, 0.29) is 23.6 Å². The Bertz CT molecular complexity index is 2140. The summed E-state index contributed by atoms with van der Waals surface area (Å²) in [6.45, 7) is 2.39. The second-order valence-electron chi connectivity index (χ2n) is 9.66. The molecule has 0 fully saturated rings. The van der Waals surface area contributed by atoms with Crippen LogP contribution in [0.4, 0.5) is 0 Å². The second-order valence-corrected chi connectivity index (χ2v) is 11.3. The molecule has 0 aliphatic carbocycles. The largest absolute Gasteiger partial charge is 0.490 e. The third kappa shape index (κ3) is 6.03. The molecule has 0 aliphatic heterocycles. The fourth-order valence-corrected chi connectivity index (χ4v) is 5.62. The minimum Gasteiger partial charge on any atom is -0.490 e.